The molecule has 0 aliphatic carbocycles. The van der Waals surface area contributed by atoms with Gasteiger partial charge in [-0.1, -0.05) is 29.2 Å². The SMILES string of the molecule is CCOC(=O)C1CCN(C(=O)C(C)Sc2nnc(NCCc3cccs3)s2)CC1. The van der Waals surface area contributed by atoms with Crippen LogP contribution in [0.2, 0.25) is 0 Å². The average Bonchev–Trinajstić information content (AvgIpc) is 3.40. The number of nitrogens with zero attached hydrogens (tertiary/aromatic N) is 3. The van der Waals surface area contributed by atoms with E-state index in [1.807, 2.05) is 18.7 Å². The molecule has 29 heavy (non-hydrogen) atoms. The van der Waals surface area contributed by atoms with Gasteiger partial charge < -0.3 is 15.0 Å². The summed E-state index contributed by atoms with van der Waals surface area (Å²) < 4.78 is 5.87. The highest BCUT2D eigenvalue weighted by Gasteiger charge is 2.30. The molecule has 0 radical (unpaired) electrons. The van der Waals surface area contributed by atoms with Crippen LogP contribution >= 0.6 is 34.4 Å². The summed E-state index contributed by atoms with van der Waals surface area (Å²) in [5, 5.41) is 14.3. The lowest BCUT2D eigenvalue weighted by molar-refractivity contribution is -0.151. The third-order valence-corrected chi connectivity index (χ3v) is 7.68. The lowest BCUT2D eigenvalue weighted by Crippen LogP contribution is -2.43. The van der Waals surface area contributed by atoms with Crippen LogP contribution in [0.1, 0.15) is 31.6 Å². The fraction of sp³-hybridized carbons (Fsp3) is 0.579. The van der Waals surface area contributed by atoms with E-state index in [2.05, 4.69) is 33.0 Å². The molecule has 0 aromatic carbocycles. The summed E-state index contributed by atoms with van der Waals surface area (Å²) in [5.41, 5.74) is 0. The molecule has 0 bridgehead atoms. The number of esters is 1. The minimum absolute atomic E-state index is 0.0831. The van der Waals surface area contributed by atoms with Crippen LogP contribution in [0.5, 0.6) is 0 Å². The maximum Gasteiger partial charge on any atom is 0.309 e. The van der Waals surface area contributed by atoms with Gasteiger partial charge >= 0.3 is 5.97 Å². The Morgan fingerprint density at radius 3 is 2.86 bits per heavy atom. The van der Waals surface area contributed by atoms with Crippen LogP contribution in [0.15, 0.2) is 21.9 Å². The fourth-order valence-electron chi connectivity index (χ4n) is 3.13. The third-order valence-electron chi connectivity index (χ3n) is 4.69. The Balaban J connectivity index is 1.41. The number of thiophene rings is 1. The van der Waals surface area contributed by atoms with Gasteiger partial charge in [-0.15, -0.1) is 21.5 Å². The van der Waals surface area contributed by atoms with Gasteiger partial charge in [0.05, 0.1) is 17.8 Å². The predicted octanol–water partition coefficient (Wildman–Crippen LogP) is 3.54. The number of amides is 1. The van der Waals surface area contributed by atoms with Gasteiger partial charge in [0.25, 0.3) is 0 Å². The zero-order valence-corrected chi connectivity index (χ0v) is 19.1. The van der Waals surface area contributed by atoms with E-state index in [0.29, 0.717) is 32.5 Å². The summed E-state index contributed by atoms with van der Waals surface area (Å²) in [6.45, 7) is 6.11. The molecule has 1 aliphatic rings. The number of ether oxygens (including phenoxy) is 1. The highest BCUT2D eigenvalue weighted by atomic mass is 32.2. The van der Waals surface area contributed by atoms with E-state index in [4.69, 9.17) is 4.74 Å². The van der Waals surface area contributed by atoms with Crippen LogP contribution < -0.4 is 5.32 Å². The summed E-state index contributed by atoms with van der Waals surface area (Å²) >= 11 is 4.66. The van der Waals surface area contributed by atoms with E-state index in [1.165, 1.54) is 28.0 Å². The molecule has 2 aromatic rings. The van der Waals surface area contributed by atoms with Crippen molar-refractivity contribution in [1.29, 1.82) is 0 Å². The molecule has 1 atom stereocenters. The van der Waals surface area contributed by atoms with Crippen molar-refractivity contribution in [3.63, 3.8) is 0 Å². The number of thioether (sulfide) groups is 1. The number of nitrogens with one attached hydrogen (secondary N) is 1. The first-order chi connectivity index (χ1) is 14.1. The summed E-state index contributed by atoms with van der Waals surface area (Å²) in [5.74, 6) is -0.150. The van der Waals surface area contributed by atoms with Crippen molar-refractivity contribution in [1.82, 2.24) is 15.1 Å². The van der Waals surface area contributed by atoms with Crippen LogP contribution in [-0.4, -0.2) is 58.5 Å². The molecule has 3 rings (SSSR count). The molecule has 7 nitrogen and oxygen atoms in total. The summed E-state index contributed by atoms with van der Waals surface area (Å²) in [4.78, 5) is 27.8. The fourth-order valence-corrected chi connectivity index (χ4v) is 5.85. The van der Waals surface area contributed by atoms with Crippen molar-refractivity contribution < 1.29 is 14.3 Å². The minimum atomic E-state index is -0.235. The largest absolute Gasteiger partial charge is 0.466 e. The number of aromatic nitrogens is 2. The van der Waals surface area contributed by atoms with E-state index in [0.717, 1.165) is 22.4 Å². The summed E-state index contributed by atoms with van der Waals surface area (Å²) in [6.07, 6.45) is 2.29. The molecule has 1 amide bonds. The first-order valence-electron chi connectivity index (χ1n) is 9.78. The minimum Gasteiger partial charge on any atom is -0.466 e. The van der Waals surface area contributed by atoms with Crippen molar-refractivity contribution >= 4 is 51.4 Å². The molecule has 0 saturated carbocycles. The lowest BCUT2D eigenvalue weighted by atomic mass is 9.97. The van der Waals surface area contributed by atoms with Gasteiger partial charge in [-0.25, -0.2) is 0 Å². The molecule has 10 heteroatoms. The Morgan fingerprint density at radius 2 is 2.17 bits per heavy atom. The van der Waals surface area contributed by atoms with E-state index in [-0.39, 0.29) is 23.0 Å². The number of carbonyl (C=O) groups excluding carboxylic acids is 2. The van der Waals surface area contributed by atoms with E-state index >= 15 is 0 Å². The molecule has 1 N–H and O–H groups in total. The number of likely N-dealkylation sites (tertiary alicyclic amines) is 1. The zero-order valence-electron chi connectivity index (χ0n) is 16.6. The average molecular weight is 455 g/mol. The van der Waals surface area contributed by atoms with Crippen molar-refractivity contribution in [3.05, 3.63) is 22.4 Å². The first-order valence-corrected chi connectivity index (χ1v) is 12.4. The first kappa shape index (κ1) is 22.0. The van der Waals surface area contributed by atoms with E-state index in [9.17, 15) is 9.59 Å². The molecule has 2 aromatic heterocycles. The molecule has 0 spiro atoms. The molecule has 1 fully saturated rings. The predicted molar refractivity (Wildman–Crippen MR) is 118 cm³/mol. The standard InChI is InChI=1S/C19H26N4O3S3/c1-3-26-17(25)14-7-10-23(11-8-14)16(24)13(2)28-19-22-21-18(29-19)20-9-6-15-5-4-12-27-15/h4-5,12-14H,3,6-11H2,1-2H3,(H,20,21). The number of hydrogen-bond acceptors (Lipinski definition) is 9. The van der Waals surface area contributed by atoms with Crippen LogP contribution in [-0.2, 0) is 20.7 Å². The molecule has 1 unspecified atom stereocenters. The monoisotopic (exact) mass is 454 g/mol. The maximum atomic E-state index is 12.7. The quantitative estimate of drug-likeness (QED) is 0.458. The molecule has 1 saturated heterocycles. The Morgan fingerprint density at radius 1 is 1.38 bits per heavy atom. The van der Waals surface area contributed by atoms with E-state index < -0.39 is 0 Å². The van der Waals surface area contributed by atoms with E-state index in [1.54, 1.807) is 11.3 Å². The molecular formula is C19H26N4O3S3. The second kappa shape index (κ2) is 10.9. The normalized spacial score (nSPS) is 15.9. The van der Waals surface area contributed by atoms with Crippen molar-refractivity contribution in [3.8, 4) is 0 Å². The topological polar surface area (TPSA) is 84.4 Å². The van der Waals surface area contributed by atoms with Gasteiger partial charge in [0.15, 0.2) is 4.34 Å². The van der Waals surface area contributed by atoms with Gasteiger partial charge in [0.2, 0.25) is 11.0 Å². The van der Waals surface area contributed by atoms with Crippen LogP contribution in [0.4, 0.5) is 5.13 Å². The maximum absolute atomic E-state index is 12.7. The van der Waals surface area contributed by atoms with Gasteiger partial charge in [-0.3, -0.25) is 9.59 Å². The smallest absolute Gasteiger partial charge is 0.309 e. The zero-order chi connectivity index (χ0) is 20.6. The highest BCUT2D eigenvalue weighted by Crippen LogP contribution is 2.30. The molecular weight excluding hydrogens is 428 g/mol. The number of hydrogen-bond donors (Lipinski definition) is 1. The van der Waals surface area contributed by atoms with Gasteiger partial charge in [0.1, 0.15) is 0 Å². The Bertz CT molecular complexity index is 788. The van der Waals surface area contributed by atoms with Crippen molar-refractivity contribution in [2.75, 3.05) is 31.6 Å². The molecule has 3 heterocycles. The van der Waals surface area contributed by atoms with Gasteiger partial charge in [-0.05, 0) is 44.6 Å². The molecule has 1 aliphatic heterocycles. The number of anilines is 1. The Hall–Kier alpha value is -1.65. The van der Waals surface area contributed by atoms with Crippen LogP contribution in [0, 0.1) is 5.92 Å². The Kier molecular flexibility index (Phi) is 8.31. The van der Waals surface area contributed by atoms with Crippen molar-refractivity contribution in [2.45, 2.75) is 42.7 Å². The number of carbonyl (C=O) groups is 2. The highest BCUT2D eigenvalue weighted by molar-refractivity contribution is 8.02. The summed E-state index contributed by atoms with van der Waals surface area (Å²) in [7, 11) is 0. The number of rotatable bonds is 9. The lowest BCUT2D eigenvalue weighted by Gasteiger charge is -2.32. The van der Waals surface area contributed by atoms with Gasteiger partial charge in [-0.2, -0.15) is 0 Å². The van der Waals surface area contributed by atoms with Crippen LogP contribution in [0.3, 0.4) is 0 Å². The second-order valence-electron chi connectivity index (χ2n) is 6.74. The second-order valence-corrected chi connectivity index (χ2v) is 10.3. The van der Waals surface area contributed by atoms with Crippen LogP contribution in [0.25, 0.3) is 0 Å². The third kappa shape index (κ3) is 6.42. The summed E-state index contributed by atoms with van der Waals surface area (Å²) in [6, 6.07) is 4.17. The number of piperidine rings is 1. The van der Waals surface area contributed by atoms with Gasteiger partial charge in [0, 0.05) is 24.5 Å². The molecule has 158 valence electrons. The van der Waals surface area contributed by atoms with Crippen molar-refractivity contribution in [2.24, 2.45) is 5.92 Å². The Labute approximate surface area is 183 Å².